The summed E-state index contributed by atoms with van der Waals surface area (Å²) in [5, 5.41) is 3.06. The molecule has 2 aromatic carbocycles. The summed E-state index contributed by atoms with van der Waals surface area (Å²) < 4.78 is 24.8. The Balaban J connectivity index is 1.01. The van der Waals surface area contributed by atoms with Gasteiger partial charge in [-0.25, -0.2) is 4.39 Å². The van der Waals surface area contributed by atoms with Crippen molar-refractivity contribution in [2.45, 2.75) is 64.5 Å². The van der Waals surface area contributed by atoms with Crippen molar-refractivity contribution < 1.29 is 23.0 Å². The summed E-state index contributed by atoms with van der Waals surface area (Å²) in [7, 11) is -0.693. The van der Waals surface area contributed by atoms with Crippen LogP contribution in [-0.4, -0.2) is 56.2 Å². The van der Waals surface area contributed by atoms with Crippen molar-refractivity contribution in [3.05, 3.63) is 89.5 Å². The molecule has 1 aromatic heterocycles. The molecule has 7 nitrogen and oxygen atoms in total. The number of hydrogen-bond acceptors (Lipinski definition) is 6. The van der Waals surface area contributed by atoms with E-state index in [2.05, 4.69) is 15.2 Å². The van der Waals surface area contributed by atoms with Crippen molar-refractivity contribution in [1.82, 2.24) is 15.2 Å². The lowest BCUT2D eigenvalue weighted by atomic mass is 9.79. The lowest BCUT2D eigenvalue weighted by Crippen LogP contribution is -2.37. The third kappa shape index (κ3) is 9.23. The molecule has 0 bridgehead atoms. The highest BCUT2D eigenvalue weighted by Crippen LogP contribution is 2.32. The van der Waals surface area contributed by atoms with Crippen molar-refractivity contribution in [1.29, 1.82) is 0 Å². The van der Waals surface area contributed by atoms with Gasteiger partial charge in [0.25, 0.3) is 0 Å². The standard InChI is InChI=1S/C36H42FN3O4S/c1-25(27-13-16-32(37)17-14-27)39-36(43)30-7-5-26(6-8-30)3-2-4-34(41)35(42)29-11-9-28(10-12-29)31-15-18-33(38-23-31)24-40-19-21-45(44)22-20-40/h9-18,23,25-26,30H,2-8,19-22,24H2,1H3,(H,39,43). The molecular formula is C36H42FN3O4S. The molecule has 1 N–H and O–H groups in total. The first-order valence-corrected chi connectivity index (χ1v) is 17.5. The first-order chi connectivity index (χ1) is 21.7. The summed E-state index contributed by atoms with van der Waals surface area (Å²) >= 11 is 0. The average Bonchev–Trinajstić information content (AvgIpc) is 3.06. The summed E-state index contributed by atoms with van der Waals surface area (Å²) in [6, 6.07) is 17.2. The molecule has 1 amide bonds. The molecule has 2 fully saturated rings. The van der Waals surface area contributed by atoms with Gasteiger partial charge < -0.3 is 5.32 Å². The van der Waals surface area contributed by atoms with Gasteiger partial charge in [0, 0.05) is 71.6 Å². The maximum Gasteiger partial charge on any atom is 0.228 e. The van der Waals surface area contributed by atoms with Gasteiger partial charge in [-0.3, -0.25) is 28.5 Å². The molecule has 5 rings (SSSR count). The number of rotatable bonds is 12. The zero-order chi connectivity index (χ0) is 31.8. The summed E-state index contributed by atoms with van der Waals surface area (Å²) in [6.45, 7) is 4.30. The van der Waals surface area contributed by atoms with Gasteiger partial charge in [-0.15, -0.1) is 0 Å². The molecule has 1 aliphatic carbocycles. The molecule has 3 aromatic rings. The van der Waals surface area contributed by atoms with E-state index in [-0.39, 0.29) is 35.9 Å². The van der Waals surface area contributed by atoms with Gasteiger partial charge in [0.1, 0.15) is 5.82 Å². The van der Waals surface area contributed by atoms with Gasteiger partial charge in [-0.1, -0.05) is 48.9 Å². The number of benzene rings is 2. The summed E-state index contributed by atoms with van der Waals surface area (Å²) in [5.41, 5.74) is 4.12. The summed E-state index contributed by atoms with van der Waals surface area (Å²) in [5.74, 6) is 0.795. The lowest BCUT2D eigenvalue weighted by Gasteiger charge is -2.28. The molecule has 9 heteroatoms. The van der Waals surface area contributed by atoms with Crippen LogP contribution in [0.1, 0.15) is 79.5 Å². The van der Waals surface area contributed by atoms with Gasteiger partial charge in [0.2, 0.25) is 17.5 Å². The number of Topliss-reactive ketones (excluding diaryl/α,β-unsaturated/α-hetero) is 2. The number of amides is 1. The van der Waals surface area contributed by atoms with E-state index in [1.54, 1.807) is 24.3 Å². The van der Waals surface area contributed by atoms with Crippen LogP contribution in [0.2, 0.25) is 0 Å². The monoisotopic (exact) mass is 631 g/mol. The number of nitrogens with zero attached hydrogens (tertiary/aromatic N) is 2. The molecule has 1 unspecified atom stereocenters. The van der Waals surface area contributed by atoms with Crippen LogP contribution in [0, 0.1) is 17.7 Å². The highest BCUT2D eigenvalue weighted by molar-refractivity contribution is 7.85. The second-order valence-electron chi connectivity index (χ2n) is 12.4. The van der Waals surface area contributed by atoms with Crippen LogP contribution in [0.4, 0.5) is 4.39 Å². The Hall–Kier alpha value is -3.56. The van der Waals surface area contributed by atoms with Crippen LogP contribution >= 0.6 is 0 Å². The third-order valence-electron chi connectivity index (χ3n) is 9.18. The SMILES string of the molecule is CC(NC(=O)C1CCC(CCCC(=O)C(=O)c2ccc(-c3ccc(CN4CCS(=O)CC4)nc3)cc2)CC1)c1ccc(F)cc1. The minimum atomic E-state index is -0.693. The normalized spacial score (nSPS) is 20.0. The van der Waals surface area contributed by atoms with Gasteiger partial charge in [0.15, 0.2) is 0 Å². The number of carbonyl (C=O) groups is 3. The van der Waals surface area contributed by atoms with Crippen molar-refractivity contribution in [3.8, 4) is 11.1 Å². The van der Waals surface area contributed by atoms with Crippen molar-refractivity contribution in [2.24, 2.45) is 11.8 Å². The maximum absolute atomic E-state index is 13.2. The first-order valence-electron chi connectivity index (χ1n) is 16.0. The molecule has 1 saturated carbocycles. The highest BCUT2D eigenvalue weighted by Gasteiger charge is 2.27. The highest BCUT2D eigenvalue weighted by atomic mass is 32.2. The largest absolute Gasteiger partial charge is 0.349 e. The topological polar surface area (TPSA) is 96.4 Å². The molecule has 0 radical (unpaired) electrons. The van der Waals surface area contributed by atoms with E-state index in [9.17, 15) is 23.0 Å². The van der Waals surface area contributed by atoms with E-state index in [0.29, 0.717) is 17.9 Å². The van der Waals surface area contributed by atoms with E-state index < -0.39 is 16.6 Å². The minimum absolute atomic E-state index is 0.0299. The Bertz CT molecular complexity index is 1480. The Morgan fingerprint density at radius 2 is 1.60 bits per heavy atom. The number of hydrogen-bond donors (Lipinski definition) is 1. The molecule has 238 valence electrons. The van der Waals surface area contributed by atoms with Crippen molar-refractivity contribution >= 4 is 28.3 Å². The van der Waals surface area contributed by atoms with Crippen LogP contribution in [0.25, 0.3) is 11.1 Å². The van der Waals surface area contributed by atoms with Crippen LogP contribution in [-0.2, 0) is 26.9 Å². The number of pyridine rings is 1. The first kappa shape index (κ1) is 32.8. The zero-order valence-corrected chi connectivity index (χ0v) is 26.7. The fourth-order valence-electron chi connectivity index (χ4n) is 6.27. The third-order valence-corrected chi connectivity index (χ3v) is 10.5. The Labute approximate surface area is 267 Å². The Kier molecular flexibility index (Phi) is 11.4. The van der Waals surface area contributed by atoms with Crippen LogP contribution in [0.5, 0.6) is 0 Å². The van der Waals surface area contributed by atoms with E-state index in [1.807, 2.05) is 37.4 Å². The van der Waals surface area contributed by atoms with Gasteiger partial charge in [-0.05, 0) is 74.3 Å². The van der Waals surface area contributed by atoms with Gasteiger partial charge >= 0.3 is 0 Å². The van der Waals surface area contributed by atoms with Gasteiger partial charge in [-0.2, -0.15) is 0 Å². The summed E-state index contributed by atoms with van der Waals surface area (Å²) in [6.07, 6.45) is 7.09. The molecule has 45 heavy (non-hydrogen) atoms. The number of carbonyl (C=O) groups excluding carboxylic acids is 3. The van der Waals surface area contributed by atoms with Gasteiger partial charge in [0.05, 0.1) is 11.7 Å². The number of halogens is 1. The molecule has 2 aliphatic rings. The van der Waals surface area contributed by atoms with Crippen molar-refractivity contribution in [3.63, 3.8) is 0 Å². The smallest absolute Gasteiger partial charge is 0.228 e. The molecule has 2 heterocycles. The van der Waals surface area contributed by atoms with Crippen LogP contribution in [0.3, 0.4) is 0 Å². The van der Waals surface area contributed by atoms with Crippen molar-refractivity contribution in [2.75, 3.05) is 24.6 Å². The van der Waals surface area contributed by atoms with E-state index in [0.717, 1.165) is 85.6 Å². The number of ketones is 2. The summed E-state index contributed by atoms with van der Waals surface area (Å²) in [4.78, 5) is 45.1. The Morgan fingerprint density at radius 3 is 2.24 bits per heavy atom. The molecule has 1 atom stereocenters. The lowest BCUT2D eigenvalue weighted by molar-refractivity contribution is -0.126. The quantitative estimate of drug-likeness (QED) is 0.193. The van der Waals surface area contributed by atoms with E-state index in [1.165, 1.54) is 12.1 Å². The average molecular weight is 632 g/mol. The fourth-order valence-corrected chi connectivity index (χ4v) is 7.40. The molecule has 0 spiro atoms. The van der Waals surface area contributed by atoms with Crippen LogP contribution < -0.4 is 5.32 Å². The molecule has 1 aliphatic heterocycles. The minimum Gasteiger partial charge on any atom is -0.349 e. The predicted octanol–water partition coefficient (Wildman–Crippen LogP) is 6.06. The molecule has 1 saturated heterocycles. The fraction of sp³-hybridized carbons (Fsp3) is 0.444. The zero-order valence-electron chi connectivity index (χ0n) is 25.9. The maximum atomic E-state index is 13.2. The molecular weight excluding hydrogens is 589 g/mol. The second-order valence-corrected chi connectivity index (χ2v) is 14.1. The predicted molar refractivity (Wildman–Crippen MR) is 174 cm³/mol. The van der Waals surface area contributed by atoms with Crippen LogP contribution in [0.15, 0.2) is 66.9 Å². The number of nitrogens with one attached hydrogen (secondary N) is 1. The second kappa shape index (κ2) is 15.6. The van der Waals surface area contributed by atoms with E-state index in [4.69, 9.17) is 0 Å². The Morgan fingerprint density at radius 1 is 0.933 bits per heavy atom. The number of aromatic nitrogens is 1. The van der Waals surface area contributed by atoms with E-state index >= 15 is 0 Å².